The summed E-state index contributed by atoms with van der Waals surface area (Å²) in [5.41, 5.74) is 6.89. The van der Waals surface area contributed by atoms with Crippen LogP contribution >= 0.6 is 0 Å². The van der Waals surface area contributed by atoms with E-state index >= 15 is 0 Å². The minimum absolute atomic E-state index is 0.547. The molecule has 2 heterocycles. The number of anilines is 2. The Balaban J connectivity index is 2.06. The molecule has 0 aromatic carbocycles. The van der Waals surface area contributed by atoms with E-state index in [9.17, 15) is 5.11 Å². The fraction of sp³-hybridized carbons (Fsp3) is 0.615. The van der Waals surface area contributed by atoms with Crippen molar-refractivity contribution in [2.75, 3.05) is 37.4 Å². The Morgan fingerprint density at radius 3 is 2.78 bits per heavy atom. The molecule has 3 N–H and O–H groups in total. The molecule has 0 spiro atoms. The van der Waals surface area contributed by atoms with Gasteiger partial charge in [0.1, 0.15) is 5.82 Å². The zero-order chi connectivity index (χ0) is 13.2. The lowest BCUT2D eigenvalue weighted by Crippen LogP contribution is -2.46. The summed E-state index contributed by atoms with van der Waals surface area (Å²) in [5, 5.41) is 10.4. The molecule has 0 aliphatic carbocycles. The zero-order valence-electron chi connectivity index (χ0n) is 11.0. The fourth-order valence-electron chi connectivity index (χ4n) is 2.17. The molecule has 1 aromatic rings. The lowest BCUT2D eigenvalue weighted by Gasteiger charge is -2.35. The van der Waals surface area contributed by atoms with Crippen molar-refractivity contribution in [1.29, 1.82) is 0 Å². The molecule has 1 fully saturated rings. The Morgan fingerprint density at radius 2 is 2.17 bits per heavy atom. The summed E-state index contributed by atoms with van der Waals surface area (Å²) in [4.78, 5) is 6.28. The normalized spacial score (nSPS) is 18.6. The van der Waals surface area contributed by atoms with Crippen LogP contribution in [0.5, 0.6) is 0 Å². The third-order valence-corrected chi connectivity index (χ3v) is 3.48. The van der Waals surface area contributed by atoms with E-state index in [0.717, 1.165) is 17.1 Å². The number of aryl methyl sites for hydroxylation is 1. The molecule has 1 saturated heterocycles. The van der Waals surface area contributed by atoms with Crippen molar-refractivity contribution < 1.29 is 9.84 Å². The number of nitrogens with two attached hydrogens (primary N) is 1. The van der Waals surface area contributed by atoms with Crippen molar-refractivity contribution in [2.45, 2.75) is 25.4 Å². The van der Waals surface area contributed by atoms with E-state index in [0.29, 0.717) is 32.6 Å². The summed E-state index contributed by atoms with van der Waals surface area (Å²) in [5.74, 6) is 0.790. The largest absolute Gasteiger partial charge is 0.398 e. The summed E-state index contributed by atoms with van der Waals surface area (Å²) in [6.45, 7) is 3.71. The molecule has 18 heavy (non-hydrogen) atoms. The molecule has 0 radical (unpaired) electrons. The highest BCUT2D eigenvalue weighted by atomic mass is 16.5. The first-order valence-electron chi connectivity index (χ1n) is 6.24. The van der Waals surface area contributed by atoms with E-state index in [1.807, 2.05) is 24.9 Å². The van der Waals surface area contributed by atoms with Crippen LogP contribution in [0.15, 0.2) is 12.3 Å². The Morgan fingerprint density at radius 1 is 1.50 bits per heavy atom. The number of aliphatic hydroxyl groups is 1. The van der Waals surface area contributed by atoms with Crippen LogP contribution in [0.25, 0.3) is 0 Å². The van der Waals surface area contributed by atoms with Gasteiger partial charge in [0, 0.05) is 57.6 Å². The molecule has 0 amide bonds. The van der Waals surface area contributed by atoms with Gasteiger partial charge in [0.2, 0.25) is 0 Å². The van der Waals surface area contributed by atoms with Gasteiger partial charge in [-0.2, -0.15) is 0 Å². The molecule has 0 atom stereocenters. The van der Waals surface area contributed by atoms with Crippen molar-refractivity contribution in [3.05, 3.63) is 17.8 Å². The number of rotatable bonds is 3. The molecule has 100 valence electrons. The molecule has 1 aliphatic heterocycles. The van der Waals surface area contributed by atoms with Crippen LogP contribution in [0.3, 0.4) is 0 Å². The van der Waals surface area contributed by atoms with Crippen molar-refractivity contribution in [2.24, 2.45) is 0 Å². The topological polar surface area (TPSA) is 71.6 Å². The quantitative estimate of drug-likeness (QED) is 0.837. The van der Waals surface area contributed by atoms with Gasteiger partial charge >= 0.3 is 0 Å². The van der Waals surface area contributed by atoms with Crippen molar-refractivity contribution in [3.8, 4) is 0 Å². The number of nitrogen functional groups attached to an aromatic ring is 1. The molecule has 0 saturated carbocycles. The van der Waals surface area contributed by atoms with Crippen LogP contribution in [0.2, 0.25) is 0 Å². The van der Waals surface area contributed by atoms with Crippen LogP contribution in [0, 0.1) is 6.92 Å². The second-order valence-electron chi connectivity index (χ2n) is 5.09. The zero-order valence-corrected chi connectivity index (χ0v) is 11.0. The Hall–Kier alpha value is -1.33. The van der Waals surface area contributed by atoms with E-state index in [-0.39, 0.29) is 0 Å². The average Bonchev–Trinajstić information content (AvgIpc) is 2.33. The van der Waals surface area contributed by atoms with Gasteiger partial charge in [-0.05, 0) is 12.5 Å². The lowest BCUT2D eigenvalue weighted by molar-refractivity contribution is -0.0573. The maximum Gasteiger partial charge on any atom is 0.130 e. The van der Waals surface area contributed by atoms with Crippen LogP contribution < -0.4 is 10.6 Å². The van der Waals surface area contributed by atoms with Crippen molar-refractivity contribution in [3.63, 3.8) is 0 Å². The number of likely N-dealkylation sites (N-methyl/N-ethyl adjacent to an activating group) is 1. The van der Waals surface area contributed by atoms with Gasteiger partial charge in [-0.3, -0.25) is 0 Å². The molecular formula is C13H21N3O2. The Labute approximate surface area is 108 Å². The van der Waals surface area contributed by atoms with Crippen LogP contribution in [-0.4, -0.2) is 42.5 Å². The fourth-order valence-corrected chi connectivity index (χ4v) is 2.17. The minimum atomic E-state index is -0.686. The second kappa shape index (κ2) is 5.12. The van der Waals surface area contributed by atoms with Crippen LogP contribution in [0.4, 0.5) is 11.5 Å². The second-order valence-corrected chi connectivity index (χ2v) is 5.09. The first kappa shape index (κ1) is 13.1. The third kappa shape index (κ3) is 2.91. The van der Waals surface area contributed by atoms with E-state index in [1.165, 1.54) is 0 Å². The Bertz CT molecular complexity index is 417. The van der Waals surface area contributed by atoms with Gasteiger partial charge < -0.3 is 20.5 Å². The smallest absolute Gasteiger partial charge is 0.130 e. The summed E-state index contributed by atoms with van der Waals surface area (Å²) in [7, 11) is 1.92. The van der Waals surface area contributed by atoms with Gasteiger partial charge in [-0.15, -0.1) is 0 Å². The van der Waals surface area contributed by atoms with Gasteiger partial charge in [-0.1, -0.05) is 0 Å². The summed E-state index contributed by atoms with van der Waals surface area (Å²) in [6.07, 6.45) is 3.09. The monoisotopic (exact) mass is 251 g/mol. The average molecular weight is 251 g/mol. The molecule has 1 aromatic heterocycles. The number of ether oxygens (including phenoxy) is 1. The molecule has 5 nitrogen and oxygen atoms in total. The van der Waals surface area contributed by atoms with E-state index < -0.39 is 5.60 Å². The highest BCUT2D eigenvalue weighted by Gasteiger charge is 2.31. The summed E-state index contributed by atoms with van der Waals surface area (Å²) >= 11 is 0. The number of pyridine rings is 1. The van der Waals surface area contributed by atoms with Crippen molar-refractivity contribution >= 4 is 11.5 Å². The van der Waals surface area contributed by atoms with Crippen LogP contribution in [-0.2, 0) is 4.74 Å². The Kier molecular flexibility index (Phi) is 3.73. The maximum absolute atomic E-state index is 10.4. The van der Waals surface area contributed by atoms with Gasteiger partial charge in [-0.25, -0.2) is 4.98 Å². The number of nitrogens with zero attached hydrogens (tertiary/aromatic N) is 2. The molecular weight excluding hydrogens is 230 g/mol. The summed E-state index contributed by atoms with van der Waals surface area (Å²) in [6, 6.07) is 1.85. The summed E-state index contributed by atoms with van der Waals surface area (Å²) < 4.78 is 5.27. The molecule has 0 bridgehead atoms. The molecule has 2 rings (SSSR count). The highest BCUT2D eigenvalue weighted by Crippen LogP contribution is 2.24. The van der Waals surface area contributed by atoms with Crippen LogP contribution in [0.1, 0.15) is 18.4 Å². The number of hydrogen-bond donors (Lipinski definition) is 2. The SMILES string of the molecule is Cc1cnc(N(C)CC2(O)CCOCC2)cc1N. The lowest BCUT2D eigenvalue weighted by atomic mass is 9.94. The van der Waals surface area contributed by atoms with Gasteiger partial charge in [0.05, 0.1) is 5.60 Å². The predicted molar refractivity (Wildman–Crippen MR) is 71.7 cm³/mol. The number of hydrogen-bond acceptors (Lipinski definition) is 5. The van der Waals surface area contributed by atoms with Gasteiger partial charge in [0.15, 0.2) is 0 Å². The molecule has 5 heteroatoms. The highest BCUT2D eigenvalue weighted by molar-refractivity contribution is 5.54. The maximum atomic E-state index is 10.4. The standard InChI is InChI=1S/C13H21N3O2/c1-10-8-15-12(7-11(10)14)16(2)9-13(17)3-5-18-6-4-13/h7-8,17H,3-6,9H2,1-2H3,(H2,14,15). The first-order valence-corrected chi connectivity index (χ1v) is 6.24. The predicted octanol–water partition coefficient (Wildman–Crippen LogP) is 0.950. The van der Waals surface area contributed by atoms with Gasteiger partial charge in [0.25, 0.3) is 0 Å². The van der Waals surface area contributed by atoms with E-state index in [4.69, 9.17) is 10.5 Å². The minimum Gasteiger partial charge on any atom is -0.398 e. The molecule has 0 unspecified atom stereocenters. The van der Waals surface area contributed by atoms with E-state index in [2.05, 4.69) is 4.98 Å². The first-order chi connectivity index (χ1) is 8.50. The number of aromatic nitrogens is 1. The van der Waals surface area contributed by atoms with E-state index in [1.54, 1.807) is 6.20 Å². The molecule has 1 aliphatic rings. The third-order valence-electron chi connectivity index (χ3n) is 3.48. The van der Waals surface area contributed by atoms with Crippen molar-refractivity contribution in [1.82, 2.24) is 4.98 Å².